The fraction of sp³-hybridized carbons (Fsp3) is 1.00. The number of fused-ring (bicyclic) bond motifs is 1. The van der Waals surface area contributed by atoms with E-state index in [9.17, 15) is 0 Å². The summed E-state index contributed by atoms with van der Waals surface area (Å²) in [6.07, 6.45) is 9.27. The van der Waals surface area contributed by atoms with Crippen LogP contribution in [0.15, 0.2) is 0 Å². The zero-order chi connectivity index (χ0) is 21.2. The van der Waals surface area contributed by atoms with Gasteiger partial charge in [-0.3, -0.25) is 21.4 Å². The van der Waals surface area contributed by atoms with E-state index in [1.165, 1.54) is 50.8 Å². The normalized spacial score (nSPS) is 41.7. The number of likely N-dealkylation sites (N-methyl/N-ethyl adjacent to an activating group) is 1. The SMILES string of the molecule is CN(CCN)CC1CCCC(C2NC(NCC3NCCS3)C3CNN(C4CC4)C3N2)C1. The van der Waals surface area contributed by atoms with Gasteiger partial charge in [-0.15, -0.1) is 11.8 Å². The number of thioether (sulfide) groups is 1. The van der Waals surface area contributed by atoms with Crippen LogP contribution in [-0.2, 0) is 0 Å². The molecule has 3 aliphatic heterocycles. The Bertz CT molecular complexity index is 572. The van der Waals surface area contributed by atoms with Crippen molar-refractivity contribution < 1.29 is 0 Å². The molecule has 0 amide bonds. The first kappa shape index (κ1) is 22.8. The summed E-state index contributed by atoms with van der Waals surface area (Å²) in [7, 11) is 2.23. The highest BCUT2D eigenvalue weighted by Gasteiger charge is 2.49. The number of rotatable bonds is 9. The van der Waals surface area contributed by atoms with E-state index < -0.39 is 0 Å². The molecule has 9 heteroatoms. The Morgan fingerprint density at radius 3 is 2.87 bits per heavy atom. The van der Waals surface area contributed by atoms with Gasteiger partial charge >= 0.3 is 0 Å². The summed E-state index contributed by atoms with van der Waals surface area (Å²) in [6, 6.07) is 0.734. The van der Waals surface area contributed by atoms with Crippen molar-refractivity contribution in [2.75, 3.05) is 52.1 Å². The van der Waals surface area contributed by atoms with E-state index in [2.05, 4.69) is 55.4 Å². The molecule has 2 saturated carbocycles. The lowest BCUT2D eigenvalue weighted by molar-refractivity contribution is 0.0325. The van der Waals surface area contributed by atoms with Gasteiger partial charge in [-0.2, -0.15) is 0 Å². The van der Waals surface area contributed by atoms with Crippen LogP contribution in [-0.4, -0.2) is 91.9 Å². The van der Waals surface area contributed by atoms with Gasteiger partial charge in [0.25, 0.3) is 0 Å². The Kier molecular flexibility index (Phi) is 7.74. The third-order valence-electron chi connectivity index (χ3n) is 7.98. The summed E-state index contributed by atoms with van der Waals surface area (Å²) >= 11 is 2.05. The van der Waals surface area contributed by atoms with Gasteiger partial charge < -0.3 is 16.0 Å². The van der Waals surface area contributed by atoms with Crippen LogP contribution < -0.4 is 32.4 Å². The standard InChI is InChI=1S/C22H44N8S/c1-29(9-7-23)14-15-3-2-4-16(11-15)20-27-21(25-13-19-24-8-10-31-19)18-12-26-30(17-5-6-17)22(18)28-20/h15-22,24-28H,2-14,23H2,1H3. The van der Waals surface area contributed by atoms with Crippen LogP contribution in [0.2, 0.25) is 0 Å². The van der Waals surface area contributed by atoms with E-state index in [1.54, 1.807) is 0 Å². The molecule has 0 bridgehead atoms. The first-order valence-electron chi connectivity index (χ1n) is 12.7. The third-order valence-corrected chi connectivity index (χ3v) is 9.16. The van der Waals surface area contributed by atoms with Gasteiger partial charge in [0, 0.05) is 57.0 Å². The maximum absolute atomic E-state index is 5.77. The van der Waals surface area contributed by atoms with Crippen molar-refractivity contribution in [1.29, 1.82) is 0 Å². The number of hydrogen-bond donors (Lipinski definition) is 6. The second-order valence-corrected chi connectivity index (χ2v) is 11.8. The maximum Gasteiger partial charge on any atom is 0.0817 e. The predicted molar refractivity (Wildman–Crippen MR) is 128 cm³/mol. The third kappa shape index (κ3) is 5.58. The second-order valence-electron chi connectivity index (χ2n) is 10.5. The van der Waals surface area contributed by atoms with Gasteiger partial charge in [0.2, 0.25) is 0 Å². The highest BCUT2D eigenvalue weighted by Crippen LogP contribution is 2.36. The fourth-order valence-electron chi connectivity index (χ4n) is 6.27. The molecule has 0 aromatic heterocycles. The monoisotopic (exact) mass is 452 g/mol. The first-order valence-corrected chi connectivity index (χ1v) is 13.8. The number of nitrogens with two attached hydrogens (primary N) is 1. The molecule has 5 rings (SSSR count). The molecular weight excluding hydrogens is 408 g/mol. The Morgan fingerprint density at radius 2 is 2.10 bits per heavy atom. The zero-order valence-corrected chi connectivity index (χ0v) is 20.0. The molecule has 178 valence electrons. The molecule has 31 heavy (non-hydrogen) atoms. The predicted octanol–water partition coefficient (Wildman–Crippen LogP) is -0.295. The maximum atomic E-state index is 5.77. The summed E-state index contributed by atoms with van der Waals surface area (Å²) < 4.78 is 0. The molecule has 0 aromatic rings. The van der Waals surface area contributed by atoms with E-state index in [4.69, 9.17) is 5.73 Å². The Morgan fingerprint density at radius 1 is 1.19 bits per heavy atom. The summed E-state index contributed by atoms with van der Waals surface area (Å²) in [4.78, 5) is 2.43. The Hall–Kier alpha value is 0.0300. The number of nitrogens with zero attached hydrogens (tertiary/aromatic N) is 2. The molecule has 7 unspecified atom stereocenters. The highest BCUT2D eigenvalue weighted by molar-refractivity contribution is 8.00. The largest absolute Gasteiger partial charge is 0.329 e. The lowest BCUT2D eigenvalue weighted by Crippen LogP contribution is -2.71. The number of nitrogens with one attached hydrogen (secondary N) is 5. The van der Waals surface area contributed by atoms with Crippen molar-refractivity contribution in [3.63, 3.8) is 0 Å². The van der Waals surface area contributed by atoms with Crippen molar-refractivity contribution >= 4 is 11.8 Å². The molecule has 7 atom stereocenters. The lowest BCUT2D eigenvalue weighted by Gasteiger charge is -2.47. The smallest absolute Gasteiger partial charge is 0.0817 e. The van der Waals surface area contributed by atoms with E-state index >= 15 is 0 Å². The van der Waals surface area contributed by atoms with Gasteiger partial charge in [0.1, 0.15) is 0 Å². The first-order chi connectivity index (χ1) is 15.2. The summed E-state index contributed by atoms with van der Waals surface area (Å²) in [5.74, 6) is 3.30. The van der Waals surface area contributed by atoms with Crippen LogP contribution in [0.25, 0.3) is 0 Å². The summed E-state index contributed by atoms with van der Waals surface area (Å²) in [5.41, 5.74) is 9.52. The lowest BCUT2D eigenvalue weighted by atomic mass is 9.78. The molecule has 0 radical (unpaired) electrons. The van der Waals surface area contributed by atoms with Crippen molar-refractivity contribution in [1.82, 2.24) is 36.6 Å². The molecule has 5 aliphatic rings. The van der Waals surface area contributed by atoms with E-state index in [-0.39, 0.29) is 0 Å². The molecule has 3 saturated heterocycles. The molecule has 8 nitrogen and oxygen atoms in total. The minimum atomic E-state index is 0.371. The fourth-order valence-corrected chi connectivity index (χ4v) is 7.24. The summed E-state index contributed by atoms with van der Waals surface area (Å²) in [5, 5.41) is 18.8. The Balaban J connectivity index is 1.23. The average molecular weight is 453 g/mol. The van der Waals surface area contributed by atoms with Crippen LogP contribution >= 0.6 is 11.8 Å². The van der Waals surface area contributed by atoms with E-state index in [1.807, 2.05) is 0 Å². The molecule has 2 aliphatic carbocycles. The van der Waals surface area contributed by atoms with Crippen LogP contribution in [0.3, 0.4) is 0 Å². The molecule has 3 heterocycles. The highest BCUT2D eigenvalue weighted by atomic mass is 32.2. The summed E-state index contributed by atoms with van der Waals surface area (Å²) in [6.45, 7) is 6.20. The molecule has 7 N–H and O–H groups in total. The van der Waals surface area contributed by atoms with Gasteiger partial charge in [0.15, 0.2) is 0 Å². The van der Waals surface area contributed by atoms with Gasteiger partial charge in [-0.25, -0.2) is 5.01 Å². The van der Waals surface area contributed by atoms with Crippen molar-refractivity contribution in [2.24, 2.45) is 23.5 Å². The van der Waals surface area contributed by atoms with Crippen molar-refractivity contribution in [3.8, 4) is 0 Å². The van der Waals surface area contributed by atoms with Crippen LogP contribution in [0.5, 0.6) is 0 Å². The second kappa shape index (κ2) is 10.5. The molecule has 0 spiro atoms. The number of hydrazine groups is 1. The average Bonchev–Trinajstić information content (AvgIpc) is 3.30. The zero-order valence-electron chi connectivity index (χ0n) is 19.2. The molecule has 5 fully saturated rings. The number of hydrogen-bond acceptors (Lipinski definition) is 9. The molecule has 0 aromatic carbocycles. The van der Waals surface area contributed by atoms with Crippen molar-refractivity contribution in [2.45, 2.75) is 68.4 Å². The van der Waals surface area contributed by atoms with Crippen LogP contribution in [0, 0.1) is 17.8 Å². The topological polar surface area (TPSA) is 92.6 Å². The van der Waals surface area contributed by atoms with Gasteiger partial charge in [0.05, 0.1) is 23.9 Å². The minimum absolute atomic E-state index is 0.371. The van der Waals surface area contributed by atoms with Gasteiger partial charge in [-0.05, 0) is 51.0 Å². The molecular formula is C22H44N8S. The quantitative estimate of drug-likeness (QED) is 0.282. The minimum Gasteiger partial charge on any atom is -0.329 e. The van der Waals surface area contributed by atoms with Crippen LogP contribution in [0.1, 0.15) is 38.5 Å². The Labute approximate surface area is 192 Å². The van der Waals surface area contributed by atoms with E-state index in [0.29, 0.717) is 35.7 Å². The van der Waals surface area contributed by atoms with Crippen molar-refractivity contribution in [3.05, 3.63) is 0 Å². The van der Waals surface area contributed by atoms with E-state index in [0.717, 1.165) is 44.7 Å². The van der Waals surface area contributed by atoms with Crippen LogP contribution in [0.4, 0.5) is 0 Å². The van der Waals surface area contributed by atoms with Gasteiger partial charge in [-0.1, -0.05) is 6.42 Å².